The Morgan fingerprint density at radius 1 is 1.41 bits per heavy atom. The Morgan fingerprint density at radius 2 is 2.05 bits per heavy atom. The number of halogens is 2. The standard InChI is InChI=1S/C14H11BF2N2O2S/c1-14(2,3)21-13(20)19-12-6(5-18)9-10(15)7(16)4-8(17)11(9)22-12/h4H,1-3H3,(H,19,20). The van der Waals surface area contributed by atoms with E-state index in [9.17, 15) is 18.8 Å². The zero-order chi connectivity index (χ0) is 16.7. The van der Waals surface area contributed by atoms with Crippen molar-refractivity contribution in [2.24, 2.45) is 0 Å². The number of ether oxygens (including phenoxy) is 1. The Morgan fingerprint density at radius 3 is 2.59 bits per heavy atom. The van der Waals surface area contributed by atoms with Crippen molar-refractivity contribution < 1.29 is 18.3 Å². The Labute approximate surface area is 131 Å². The van der Waals surface area contributed by atoms with Crippen molar-refractivity contribution in [1.29, 1.82) is 5.26 Å². The van der Waals surface area contributed by atoms with Crippen LogP contribution >= 0.6 is 11.3 Å². The number of rotatable bonds is 1. The van der Waals surface area contributed by atoms with Crippen LogP contribution < -0.4 is 10.8 Å². The molecule has 8 heteroatoms. The van der Waals surface area contributed by atoms with E-state index in [2.05, 4.69) is 5.32 Å². The van der Waals surface area contributed by atoms with E-state index in [1.54, 1.807) is 20.8 Å². The molecule has 0 unspecified atom stereocenters. The maximum absolute atomic E-state index is 13.8. The Balaban J connectivity index is 2.53. The fraction of sp³-hybridized carbons (Fsp3) is 0.286. The van der Waals surface area contributed by atoms with Crippen molar-refractivity contribution >= 4 is 45.8 Å². The summed E-state index contributed by atoms with van der Waals surface area (Å²) >= 11 is 0.796. The lowest BCUT2D eigenvalue weighted by Gasteiger charge is -2.19. The third-order valence-electron chi connectivity index (χ3n) is 2.63. The molecule has 4 nitrogen and oxygen atoms in total. The Bertz CT molecular complexity index is 806. The Kier molecular flexibility index (Phi) is 4.11. The molecule has 1 amide bonds. The number of thiophene rings is 1. The van der Waals surface area contributed by atoms with Gasteiger partial charge in [0.05, 0.1) is 10.3 Å². The summed E-state index contributed by atoms with van der Waals surface area (Å²) in [5.41, 5.74) is -1.16. The van der Waals surface area contributed by atoms with E-state index in [1.165, 1.54) is 0 Å². The van der Waals surface area contributed by atoms with E-state index in [0.717, 1.165) is 11.3 Å². The van der Waals surface area contributed by atoms with Gasteiger partial charge in [-0.2, -0.15) is 5.26 Å². The third-order valence-corrected chi connectivity index (χ3v) is 3.75. The largest absolute Gasteiger partial charge is 0.444 e. The van der Waals surface area contributed by atoms with Crippen LogP contribution in [0.15, 0.2) is 6.07 Å². The van der Waals surface area contributed by atoms with Gasteiger partial charge in [-0.15, -0.1) is 11.3 Å². The van der Waals surface area contributed by atoms with Crippen LogP contribution in [0.4, 0.5) is 18.6 Å². The summed E-state index contributed by atoms with van der Waals surface area (Å²) in [6, 6.07) is 2.45. The summed E-state index contributed by atoms with van der Waals surface area (Å²) in [5, 5.41) is 11.6. The van der Waals surface area contributed by atoms with Gasteiger partial charge < -0.3 is 4.74 Å². The molecule has 0 aliphatic rings. The number of carbonyl (C=O) groups is 1. The first-order valence-corrected chi connectivity index (χ1v) is 7.05. The zero-order valence-corrected chi connectivity index (χ0v) is 12.9. The van der Waals surface area contributed by atoms with Crippen LogP contribution in [0, 0.1) is 23.0 Å². The smallest absolute Gasteiger partial charge is 0.412 e. The van der Waals surface area contributed by atoms with E-state index in [4.69, 9.17) is 12.6 Å². The second-order valence-electron chi connectivity index (χ2n) is 5.50. The molecule has 1 heterocycles. The van der Waals surface area contributed by atoms with E-state index in [1.807, 2.05) is 6.07 Å². The quantitative estimate of drug-likeness (QED) is 0.821. The van der Waals surface area contributed by atoms with E-state index < -0.39 is 23.3 Å². The topological polar surface area (TPSA) is 62.1 Å². The summed E-state index contributed by atoms with van der Waals surface area (Å²) in [4.78, 5) is 11.8. The fourth-order valence-electron chi connectivity index (χ4n) is 1.82. The number of hydrogen-bond acceptors (Lipinski definition) is 4. The Hall–Kier alpha value is -2.14. The minimum Gasteiger partial charge on any atom is -0.444 e. The van der Waals surface area contributed by atoms with Crippen molar-refractivity contribution in [3.63, 3.8) is 0 Å². The SMILES string of the molecule is [B]c1c(F)cc(F)c2sc(NC(=O)OC(C)(C)C)c(C#N)c12. The predicted octanol–water partition coefficient (Wildman–Crippen LogP) is 3.19. The van der Waals surface area contributed by atoms with Crippen molar-refractivity contribution in [1.82, 2.24) is 0 Å². The maximum Gasteiger partial charge on any atom is 0.412 e. The molecule has 0 fully saturated rings. The normalized spacial score (nSPS) is 11.3. The van der Waals surface area contributed by atoms with Gasteiger partial charge in [-0.3, -0.25) is 5.32 Å². The molecule has 112 valence electrons. The molecule has 0 saturated heterocycles. The van der Waals surface area contributed by atoms with Crippen molar-refractivity contribution in [3.05, 3.63) is 23.3 Å². The van der Waals surface area contributed by atoms with Crippen LogP contribution in [0.1, 0.15) is 26.3 Å². The number of nitrogens with zero attached hydrogens (tertiary/aromatic N) is 1. The minimum absolute atomic E-state index is 0.00140. The van der Waals surface area contributed by atoms with Gasteiger partial charge in [0, 0.05) is 11.5 Å². The number of nitriles is 1. The molecule has 0 atom stereocenters. The molecule has 2 radical (unpaired) electrons. The minimum atomic E-state index is -0.955. The summed E-state index contributed by atoms with van der Waals surface area (Å²) in [5.74, 6) is -1.80. The highest BCUT2D eigenvalue weighted by atomic mass is 32.1. The van der Waals surface area contributed by atoms with Gasteiger partial charge in [-0.25, -0.2) is 13.6 Å². The molecular weight excluding hydrogens is 309 g/mol. The lowest BCUT2D eigenvalue weighted by atomic mass is 9.90. The van der Waals surface area contributed by atoms with Crippen LogP contribution in [-0.2, 0) is 4.74 Å². The van der Waals surface area contributed by atoms with Gasteiger partial charge in [0.1, 0.15) is 36.2 Å². The molecule has 1 N–H and O–H groups in total. The molecule has 0 bridgehead atoms. The molecule has 1 aromatic heterocycles. The van der Waals surface area contributed by atoms with Crippen LogP contribution in [-0.4, -0.2) is 19.5 Å². The number of benzene rings is 1. The van der Waals surface area contributed by atoms with Gasteiger partial charge in [0.2, 0.25) is 0 Å². The number of fused-ring (bicyclic) bond motifs is 1. The summed E-state index contributed by atoms with van der Waals surface area (Å²) in [7, 11) is 5.58. The average Bonchev–Trinajstić information content (AvgIpc) is 2.72. The van der Waals surface area contributed by atoms with Crippen LogP contribution in [0.5, 0.6) is 0 Å². The van der Waals surface area contributed by atoms with E-state index in [-0.39, 0.29) is 26.1 Å². The lowest BCUT2D eigenvalue weighted by Crippen LogP contribution is -2.27. The lowest BCUT2D eigenvalue weighted by molar-refractivity contribution is 0.0636. The summed E-state index contributed by atoms with van der Waals surface area (Å²) < 4.78 is 32.4. The van der Waals surface area contributed by atoms with Crippen molar-refractivity contribution in [3.8, 4) is 6.07 Å². The van der Waals surface area contributed by atoms with Crippen LogP contribution in [0.25, 0.3) is 10.1 Å². The first-order valence-electron chi connectivity index (χ1n) is 6.24. The zero-order valence-electron chi connectivity index (χ0n) is 12.1. The molecular formula is C14H11BF2N2O2S. The second kappa shape index (κ2) is 5.57. The van der Waals surface area contributed by atoms with Crippen LogP contribution in [0.3, 0.4) is 0 Å². The number of anilines is 1. The van der Waals surface area contributed by atoms with E-state index >= 15 is 0 Å². The van der Waals surface area contributed by atoms with E-state index in [0.29, 0.717) is 6.07 Å². The number of carbonyl (C=O) groups excluding carboxylic acids is 1. The maximum atomic E-state index is 13.8. The fourth-order valence-corrected chi connectivity index (χ4v) is 2.88. The molecule has 22 heavy (non-hydrogen) atoms. The highest BCUT2D eigenvalue weighted by Gasteiger charge is 2.22. The van der Waals surface area contributed by atoms with Crippen molar-refractivity contribution in [2.75, 3.05) is 5.32 Å². The third kappa shape index (κ3) is 3.04. The van der Waals surface area contributed by atoms with Gasteiger partial charge in [-0.1, -0.05) is 5.46 Å². The number of nitrogens with one attached hydrogen (secondary N) is 1. The molecule has 0 aliphatic carbocycles. The molecule has 0 saturated carbocycles. The highest BCUT2D eigenvalue weighted by molar-refractivity contribution is 7.23. The molecule has 0 aliphatic heterocycles. The van der Waals surface area contributed by atoms with Gasteiger partial charge in [-0.05, 0) is 20.8 Å². The van der Waals surface area contributed by atoms with Gasteiger partial charge in [0.25, 0.3) is 0 Å². The monoisotopic (exact) mass is 320 g/mol. The first kappa shape index (κ1) is 16.2. The van der Waals surface area contributed by atoms with Gasteiger partial charge >= 0.3 is 6.09 Å². The number of amides is 1. The first-order chi connectivity index (χ1) is 10.1. The predicted molar refractivity (Wildman–Crippen MR) is 81.7 cm³/mol. The molecule has 0 spiro atoms. The molecule has 1 aromatic carbocycles. The van der Waals surface area contributed by atoms with Crippen LogP contribution in [0.2, 0.25) is 0 Å². The molecule has 2 aromatic rings. The average molecular weight is 320 g/mol. The van der Waals surface area contributed by atoms with Gasteiger partial charge in [0.15, 0.2) is 0 Å². The summed E-state index contributed by atoms with van der Waals surface area (Å²) in [6.45, 7) is 5.03. The number of hydrogen-bond donors (Lipinski definition) is 1. The second-order valence-corrected chi connectivity index (χ2v) is 6.52. The molecule has 2 rings (SSSR count). The highest BCUT2D eigenvalue weighted by Crippen LogP contribution is 2.36. The summed E-state index contributed by atoms with van der Waals surface area (Å²) in [6.07, 6.45) is -0.796. The van der Waals surface area contributed by atoms with Crippen molar-refractivity contribution in [2.45, 2.75) is 26.4 Å².